The molecule has 2 amide bonds. The van der Waals surface area contributed by atoms with E-state index in [1.165, 1.54) is 20.3 Å². The van der Waals surface area contributed by atoms with Gasteiger partial charge in [-0.2, -0.15) is 0 Å². The summed E-state index contributed by atoms with van der Waals surface area (Å²) >= 11 is 0. The molecule has 3 aromatic carbocycles. The number of hydrogen-bond acceptors (Lipinski definition) is 9. The minimum absolute atomic E-state index is 0.215. The summed E-state index contributed by atoms with van der Waals surface area (Å²) in [6, 6.07) is 19.3. The average Bonchev–Trinajstić information content (AvgIpc) is 3.22. The molecular formula is C36H42N2O9. The van der Waals surface area contributed by atoms with Gasteiger partial charge in [0.25, 0.3) is 0 Å². The topological polar surface area (TPSA) is 156 Å². The van der Waals surface area contributed by atoms with Crippen molar-refractivity contribution in [3.05, 3.63) is 95.1 Å². The van der Waals surface area contributed by atoms with Gasteiger partial charge in [-0.3, -0.25) is 9.59 Å². The number of rotatable bonds is 13. The first-order valence-electron chi connectivity index (χ1n) is 15.6. The van der Waals surface area contributed by atoms with E-state index in [1.54, 1.807) is 50.4 Å². The third-order valence-electron chi connectivity index (χ3n) is 9.19. The number of aliphatic hydroxyl groups excluding tert-OH is 2. The van der Waals surface area contributed by atoms with E-state index in [9.17, 15) is 19.8 Å². The second-order valence-electron chi connectivity index (χ2n) is 11.7. The first kappa shape index (κ1) is 33.8. The fourth-order valence-corrected chi connectivity index (χ4v) is 6.93. The second-order valence-corrected chi connectivity index (χ2v) is 11.7. The molecule has 0 aromatic heterocycles. The van der Waals surface area contributed by atoms with Crippen molar-refractivity contribution in [2.24, 2.45) is 5.92 Å². The third kappa shape index (κ3) is 5.90. The molecule has 1 heterocycles. The minimum Gasteiger partial charge on any atom is -0.497 e. The summed E-state index contributed by atoms with van der Waals surface area (Å²) in [5.41, 5.74) is -2.00. The first-order valence-corrected chi connectivity index (χ1v) is 15.6. The molecule has 11 heteroatoms. The highest BCUT2D eigenvalue weighted by molar-refractivity contribution is 5.92. The van der Waals surface area contributed by atoms with Crippen LogP contribution in [0.5, 0.6) is 23.0 Å². The second kappa shape index (κ2) is 14.0. The van der Waals surface area contributed by atoms with E-state index >= 15 is 0 Å². The van der Waals surface area contributed by atoms with Crippen LogP contribution in [0.3, 0.4) is 0 Å². The summed E-state index contributed by atoms with van der Waals surface area (Å²) in [7, 11) is 4.50. The molecule has 5 rings (SSSR count). The summed E-state index contributed by atoms with van der Waals surface area (Å²) in [6.45, 7) is 2.07. The smallest absolute Gasteiger partial charge is 0.246 e. The largest absolute Gasteiger partial charge is 0.497 e. The Morgan fingerprint density at radius 3 is 2.19 bits per heavy atom. The highest BCUT2D eigenvalue weighted by Gasteiger charge is 2.76. The van der Waals surface area contributed by atoms with Crippen molar-refractivity contribution in [3.63, 3.8) is 0 Å². The minimum atomic E-state index is -2.03. The van der Waals surface area contributed by atoms with E-state index in [1.807, 2.05) is 30.3 Å². The molecule has 2 aliphatic rings. The van der Waals surface area contributed by atoms with E-state index in [4.69, 9.17) is 24.1 Å². The maximum absolute atomic E-state index is 14.5. The van der Waals surface area contributed by atoms with E-state index in [-0.39, 0.29) is 36.1 Å². The van der Waals surface area contributed by atoms with E-state index in [0.29, 0.717) is 47.6 Å². The molecule has 0 saturated heterocycles. The number of unbranched alkanes of at least 4 members (excludes halogenated alkanes) is 1. The average molecular weight is 647 g/mol. The van der Waals surface area contributed by atoms with Crippen molar-refractivity contribution in [1.29, 1.82) is 0 Å². The molecule has 1 saturated carbocycles. The van der Waals surface area contributed by atoms with Gasteiger partial charge in [0.1, 0.15) is 34.7 Å². The maximum atomic E-state index is 14.5. The molecule has 3 aromatic rings. The van der Waals surface area contributed by atoms with Crippen LogP contribution in [-0.2, 0) is 20.8 Å². The normalized spacial score (nSPS) is 24.5. The van der Waals surface area contributed by atoms with Gasteiger partial charge in [-0.15, -0.1) is 0 Å². The van der Waals surface area contributed by atoms with Gasteiger partial charge in [0.2, 0.25) is 11.8 Å². The van der Waals surface area contributed by atoms with Crippen molar-refractivity contribution >= 4 is 11.8 Å². The molecule has 1 unspecified atom stereocenters. The van der Waals surface area contributed by atoms with E-state index in [0.717, 1.165) is 0 Å². The summed E-state index contributed by atoms with van der Waals surface area (Å²) in [5.74, 6) is -1.32. The lowest BCUT2D eigenvalue weighted by Crippen LogP contribution is -2.56. The Hall–Kier alpha value is -4.58. The fraction of sp³-hybridized carbons (Fsp3) is 0.389. The van der Waals surface area contributed by atoms with Gasteiger partial charge in [-0.1, -0.05) is 48.5 Å². The first-order chi connectivity index (χ1) is 22.7. The molecule has 11 nitrogen and oxygen atoms in total. The predicted molar refractivity (Wildman–Crippen MR) is 174 cm³/mol. The van der Waals surface area contributed by atoms with Crippen LogP contribution in [0.15, 0.2) is 78.4 Å². The monoisotopic (exact) mass is 646 g/mol. The van der Waals surface area contributed by atoms with Crippen LogP contribution in [0, 0.1) is 5.92 Å². The number of amides is 2. The highest BCUT2D eigenvalue weighted by Crippen LogP contribution is 2.68. The molecule has 2 bridgehead atoms. The Morgan fingerprint density at radius 2 is 1.57 bits per heavy atom. The summed E-state index contributed by atoms with van der Waals surface area (Å²) in [6.07, 6.45) is 0.959. The Labute approximate surface area is 274 Å². The predicted octanol–water partition coefficient (Wildman–Crippen LogP) is 2.91. The van der Waals surface area contributed by atoms with Crippen molar-refractivity contribution in [2.75, 3.05) is 41.0 Å². The van der Waals surface area contributed by atoms with Crippen molar-refractivity contribution in [2.45, 2.75) is 43.0 Å². The van der Waals surface area contributed by atoms with E-state index in [2.05, 4.69) is 10.6 Å². The SMILES string of the molecule is COc1ccc([C@@]23Oc4cc(OC)cc(OC)c4[C@@](O)(C2O)[C@@H](c2ccccc2)[C@@H]3C(=O)NCCCCNC(=O)/C(C)=C/CO)cc1. The van der Waals surface area contributed by atoms with Gasteiger partial charge >= 0.3 is 0 Å². The van der Waals surface area contributed by atoms with Crippen LogP contribution in [-0.4, -0.2) is 74.3 Å². The summed E-state index contributed by atoms with van der Waals surface area (Å²) < 4.78 is 23.4. The molecule has 1 aliphatic carbocycles. The molecule has 0 spiro atoms. The Balaban J connectivity index is 1.56. The number of nitrogens with one attached hydrogen (secondary N) is 2. The number of ether oxygens (including phenoxy) is 4. The van der Waals surface area contributed by atoms with Crippen molar-refractivity contribution in [3.8, 4) is 23.0 Å². The number of carbonyl (C=O) groups is 2. The fourth-order valence-electron chi connectivity index (χ4n) is 6.93. The molecule has 250 valence electrons. The number of benzene rings is 3. The maximum Gasteiger partial charge on any atom is 0.246 e. The molecule has 1 aliphatic heterocycles. The number of fused-ring (bicyclic) bond motifs is 4. The van der Waals surface area contributed by atoms with Gasteiger partial charge < -0.3 is 44.9 Å². The zero-order chi connectivity index (χ0) is 33.8. The number of methoxy groups -OCH3 is 3. The molecule has 1 fully saturated rings. The van der Waals surface area contributed by atoms with Crippen LogP contribution < -0.4 is 29.6 Å². The van der Waals surface area contributed by atoms with E-state index < -0.39 is 35.0 Å². The van der Waals surface area contributed by atoms with Gasteiger partial charge in [0, 0.05) is 36.7 Å². The Morgan fingerprint density at radius 1 is 0.915 bits per heavy atom. The number of aliphatic hydroxyl groups is 3. The Bertz CT molecular complexity index is 1610. The van der Waals surface area contributed by atoms with Crippen LogP contribution in [0.2, 0.25) is 0 Å². The van der Waals surface area contributed by atoms with Gasteiger partial charge in [0.15, 0.2) is 5.60 Å². The molecule has 0 radical (unpaired) electrons. The zero-order valence-electron chi connectivity index (χ0n) is 27.0. The van der Waals surface area contributed by atoms with Crippen molar-refractivity contribution in [1.82, 2.24) is 10.6 Å². The van der Waals surface area contributed by atoms with Crippen LogP contribution >= 0.6 is 0 Å². The molecule has 5 atom stereocenters. The molecule has 5 N–H and O–H groups in total. The lowest BCUT2D eigenvalue weighted by Gasteiger charge is -2.45. The highest BCUT2D eigenvalue weighted by atomic mass is 16.5. The number of carbonyl (C=O) groups excluding carboxylic acids is 2. The number of hydrogen-bond donors (Lipinski definition) is 5. The lowest BCUT2D eigenvalue weighted by atomic mass is 9.75. The van der Waals surface area contributed by atoms with Crippen LogP contribution in [0.25, 0.3) is 0 Å². The van der Waals surface area contributed by atoms with Crippen LogP contribution in [0.1, 0.15) is 42.4 Å². The molecular weight excluding hydrogens is 604 g/mol. The van der Waals surface area contributed by atoms with Gasteiger partial charge in [-0.25, -0.2) is 0 Å². The molecule has 47 heavy (non-hydrogen) atoms. The van der Waals surface area contributed by atoms with Gasteiger partial charge in [0.05, 0.1) is 39.4 Å². The van der Waals surface area contributed by atoms with Crippen LogP contribution in [0.4, 0.5) is 0 Å². The Kier molecular flexibility index (Phi) is 10.1. The summed E-state index contributed by atoms with van der Waals surface area (Å²) in [4.78, 5) is 26.6. The quantitative estimate of drug-likeness (QED) is 0.139. The van der Waals surface area contributed by atoms with Crippen molar-refractivity contribution < 1.29 is 43.9 Å². The van der Waals surface area contributed by atoms with Gasteiger partial charge in [-0.05, 0) is 43.0 Å². The standard InChI is InChI=1S/C36H42N2O9/c1-22(16-19-39)32(40)37-17-8-9-18-38-33(41)31-29(23-10-6-5-7-11-23)35(43)30-27(46-4)20-26(45-3)21-28(30)47-36(31,34(35)42)24-12-14-25(44-2)15-13-24/h5-7,10-16,20-21,29,31,34,39,42-43H,8-9,17-19H2,1-4H3,(H,37,40)(H,38,41)/b22-16+/t29-,31+,34?,35+,36-/m0/s1. The third-order valence-corrected chi connectivity index (χ3v) is 9.19. The zero-order valence-corrected chi connectivity index (χ0v) is 27.0. The lowest BCUT2D eigenvalue weighted by molar-refractivity contribution is -0.159. The summed E-state index contributed by atoms with van der Waals surface area (Å²) in [5, 5.41) is 40.2.